The van der Waals surface area contributed by atoms with Crippen LogP contribution >= 0.6 is 11.6 Å². The molecule has 0 aliphatic rings. The number of carbonyl (C=O) groups is 1. The second-order valence-electron chi connectivity index (χ2n) is 3.37. The fourth-order valence-electron chi connectivity index (χ4n) is 1.44. The zero-order chi connectivity index (χ0) is 14.4. The molecule has 0 N–H and O–H groups in total. The van der Waals surface area contributed by atoms with Crippen LogP contribution < -0.4 is 4.74 Å². The van der Waals surface area contributed by atoms with Crippen LogP contribution in [0, 0.1) is 11.3 Å². The van der Waals surface area contributed by atoms with Gasteiger partial charge >= 0.3 is 12.6 Å². The molecule has 1 aromatic carbocycles. The smallest absolute Gasteiger partial charge is 0.387 e. The molecule has 0 atom stereocenters. The third kappa shape index (κ3) is 4.07. The number of nitriles is 1. The van der Waals surface area contributed by atoms with Gasteiger partial charge in [0.1, 0.15) is 11.8 Å². The number of rotatable bonds is 5. The lowest BCUT2D eigenvalue weighted by Crippen LogP contribution is -2.12. The second kappa shape index (κ2) is 6.90. The molecule has 0 amide bonds. The molecule has 19 heavy (non-hydrogen) atoms. The fraction of sp³-hybridized carbons (Fsp3) is 0.333. The Morgan fingerprint density at radius 2 is 2.21 bits per heavy atom. The molecule has 0 aliphatic heterocycles. The van der Waals surface area contributed by atoms with Crippen LogP contribution in [0.4, 0.5) is 8.78 Å². The van der Waals surface area contributed by atoms with Crippen molar-refractivity contribution in [2.75, 3.05) is 6.61 Å². The fourth-order valence-corrected chi connectivity index (χ4v) is 1.65. The van der Waals surface area contributed by atoms with Crippen molar-refractivity contribution in [2.24, 2.45) is 0 Å². The monoisotopic (exact) mass is 289 g/mol. The molecule has 0 unspecified atom stereocenters. The van der Waals surface area contributed by atoms with Gasteiger partial charge in [-0.1, -0.05) is 11.6 Å². The third-order valence-electron chi connectivity index (χ3n) is 2.16. The minimum absolute atomic E-state index is 0.0134. The van der Waals surface area contributed by atoms with E-state index in [-0.39, 0.29) is 29.2 Å². The van der Waals surface area contributed by atoms with Crippen molar-refractivity contribution < 1.29 is 23.0 Å². The molecular weight excluding hydrogens is 280 g/mol. The molecule has 0 heterocycles. The highest BCUT2D eigenvalue weighted by Gasteiger charge is 2.20. The molecule has 4 nitrogen and oxygen atoms in total. The van der Waals surface area contributed by atoms with E-state index in [1.165, 1.54) is 12.1 Å². The van der Waals surface area contributed by atoms with Crippen LogP contribution in [-0.2, 0) is 16.0 Å². The lowest BCUT2D eigenvalue weighted by atomic mass is 10.1. The van der Waals surface area contributed by atoms with E-state index in [0.29, 0.717) is 0 Å². The summed E-state index contributed by atoms with van der Waals surface area (Å²) < 4.78 is 33.7. The molecule has 1 aromatic rings. The summed E-state index contributed by atoms with van der Waals surface area (Å²) in [5.41, 5.74) is -0.108. The topological polar surface area (TPSA) is 59.3 Å². The van der Waals surface area contributed by atoms with E-state index >= 15 is 0 Å². The van der Waals surface area contributed by atoms with Crippen LogP contribution in [0.5, 0.6) is 5.75 Å². The van der Waals surface area contributed by atoms with Gasteiger partial charge in [-0.15, -0.1) is 0 Å². The minimum Gasteiger partial charge on any atom is -0.466 e. The first-order chi connectivity index (χ1) is 8.99. The molecule has 0 radical (unpaired) electrons. The summed E-state index contributed by atoms with van der Waals surface area (Å²) in [5, 5.41) is 8.91. The molecule has 1 rings (SSSR count). The standard InChI is InChI=1S/C12H10ClF2NO3/c1-2-18-10(17)5-8-9(13)4-3-7(6-16)11(8)19-12(14)15/h3-4,12H,2,5H2,1H3. The third-order valence-corrected chi connectivity index (χ3v) is 2.51. The van der Waals surface area contributed by atoms with Gasteiger partial charge in [0.25, 0.3) is 0 Å². The highest BCUT2D eigenvalue weighted by molar-refractivity contribution is 6.31. The molecule has 7 heteroatoms. The van der Waals surface area contributed by atoms with Crippen molar-refractivity contribution >= 4 is 17.6 Å². The Bertz CT molecular complexity index is 514. The Labute approximate surface area is 113 Å². The number of hydrogen-bond donors (Lipinski definition) is 0. The average Bonchev–Trinajstić information content (AvgIpc) is 2.34. The normalized spacial score (nSPS) is 10.1. The zero-order valence-corrected chi connectivity index (χ0v) is 10.7. The number of alkyl halides is 2. The van der Waals surface area contributed by atoms with Gasteiger partial charge in [-0.05, 0) is 19.1 Å². The lowest BCUT2D eigenvalue weighted by molar-refractivity contribution is -0.142. The maximum atomic E-state index is 12.3. The molecule has 0 fully saturated rings. The molecule has 0 aliphatic carbocycles. The predicted molar refractivity (Wildman–Crippen MR) is 63.1 cm³/mol. The summed E-state index contributed by atoms with van der Waals surface area (Å²) in [4.78, 5) is 11.4. The Hall–Kier alpha value is -1.87. The number of benzene rings is 1. The van der Waals surface area contributed by atoms with Gasteiger partial charge in [0.2, 0.25) is 0 Å². The van der Waals surface area contributed by atoms with E-state index in [1.54, 1.807) is 13.0 Å². The summed E-state index contributed by atoms with van der Waals surface area (Å²) in [5.74, 6) is -1.03. The quantitative estimate of drug-likeness (QED) is 0.782. The summed E-state index contributed by atoms with van der Waals surface area (Å²) in [6, 6.07) is 4.29. The van der Waals surface area contributed by atoms with Crippen LogP contribution in [0.1, 0.15) is 18.1 Å². The van der Waals surface area contributed by atoms with E-state index in [9.17, 15) is 13.6 Å². The molecule has 0 aromatic heterocycles. The van der Waals surface area contributed by atoms with Crippen LogP contribution in [0.25, 0.3) is 0 Å². The van der Waals surface area contributed by atoms with E-state index in [1.807, 2.05) is 0 Å². The summed E-state index contributed by atoms with van der Waals surface area (Å²) in [6.45, 7) is -1.35. The summed E-state index contributed by atoms with van der Waals surface area (Å²) in [7, 11) is 0. The molecule has 0 saturated carbocycles. The zero-order valence-electron chi connectivity index (χ0n) is 9.95. The van der Waals surface area contributed by atoms with Gasteiger partial charge in [0, 0.05) is 10.6 Å². The van der Waals surface area contributed by atoms with Gasteiger partial charge < -0.3 is 9.47 Å². The number of hydrogen-bond acceptors (Lipinski definition) is 4. The molecule has 0 bridgehead atoms. The minimum atomic E-state index is -3.12. The van der Waals surface area contributed by atoms with Gasteiger partial charge in [0.15, 0.2) is 0 Å². The largest absolute Gasteiger partial charge is 0.466 e. The van der Waals surface area contributed by atoms with Crippen LogP contribution in [-0.4, -0.2) is 19.2 Å². The van der Waals surface area contributed by atoms with E-state index in [4.69, 9.17) is 21.6 Å². The van der Waals surface area contributed by atoms with Gasteiger partial charge in [-0.3, -0.25) is 4.79 Å². The van der Waals surface area contributed by atoms with Crippen LogP contribution in [0.3, 0.4) is 0 Å². The highest BCUT2D eigenvalue weighted by Crippen LogP contribution is 2.32. The molecule has 0 spiro atoms. The lowest BCUT2D eigenvalue weighted by Gasteiger charge is -2.13. The molecular formula is C12H10ClF2NO3. The van der Waals surface area contributed by atoms with Crippen LogP contribution in [0.15, 0.2) is 12.1 Å². The van der Waals surface area contributed by atoms with E-state index in [2.05, 4.69) is 4.74 Å². The van der Waals surface area contributed by atoms with Crippen LogP contribution in [0.2, 0.25) is 5.02 Å². The number of nitrogens with zero attached hydrogens (tertiary/aromatic N) is 1. The molecule has 102 valence electrons. The van der Waals surface area contributed by atoms with Gasteiger partial charge in [-0.2, -0.15) is 14.0 Å². The number of ether oxygens (including phenoxy) is 2. The first-order valence-corrected chi connectivity index (χ1v) is 5.69. The van der Waals surface area contributed by atoms with E-state index < -0.39 is 18.3 Å². The Morgan fingerprint density at radius 1 is 1.53 bits per heavy atom. The van der Waals surface area contributed by atoms with Crippen molar-refractivity contribution in [3.05, 3.63) is 28.3 Å². The SMILES string of the molecule is CCOC(=O)Cc1c(Cl)ccc(C#N)c1OC(F)F. The second-order valence-corrected chi connectivity index (χ2v) is 3.78. The van der Waals surface area contributed by atoms with Gasteiger partial charge in [-0.25, -0.2) is 0 Å². The first kappa shape index (κ1) is 15.2. The highest BCUT2D eigenvalue weighted by atomic mass is 35.5. The van der Waals surface area contributed by atoms with Crippen molar-refractivity contribution in [1.82, 2.24) is 0 Å². The van der Waals surface area contributed by atoms with Crippen molar-refractivity contribution in [3.63, 3.8) is 0 Å². The van der Waals surface area contributed by atoms with Gasteiger partial charge in [0.05, 0.1) is 18.6 Å². The first-order valence-electron chi connectivity index (χ1n) is 5.31. The maximum absolute atomic E-state index is 12.3. The maximum Gasteiger partial charge on any atom is 0.387 e. The van der Waals surface area contributed by atoms with Crippen molar-refractivity contribution in [1.29, 1.82) is 5.26 Å². The Balaban J connectivity index is 3.19. The number of carbonyl (C=O) groups excluding carboxylic acids is 1. The average molecular weight is 290 g/mol. The predicted octanol–water partition coefficient (Wildman–Crippen LogP) is 2.92. The van der Waals surface area contributed by atoms with E-state index in [0.717, 1.165) is 0 Å². The number of halogens is 3. The summed E-state index contributed by atoms with van der Waals surface area (Å²) in [6.07, 6.45) is -0.343. The van der Waals surface area contributed by atoms with Crippen molar-refractivity contribution in [3.8, 4) is 11.8 Å². The Kier molecular flexibility index (Phi) is 5.52. The summed E-state index contributed by atoms with van der Waals surface area (Å²) >= 11 is 5.84. The Morgan fingerprint density at radius 3 is 2.74 bits per heavy atom. The number of esters is 1. The van der Waals surface area contributed by atoms with Crippen molar-refractivity contribution in [2.45, 2.75) is 20.0 Å². The molecule has 0 saturated heterocycles.